The minimum atomic E-state index is 0. The fourth-order valence-corrected chi connectivity index (χ4v) is 2.70. The zero-order valence-corrected chi connectivity index (χ0v) is 18.9. The average molecular weight is 568 g/mol. The maximum atomic E-state index is 4.22. The molecule has 0 unspecified atom stereocenters. The molecule has 7 heteroatoms. The van der Waals surface area contributed by atoms with Crippen LogP contribution in [0.15, 0.2) is 60.9 Å². The zero-order chi connectivity index (χ0) is 19.6. The van der Waals surface area contributed by atoms with Gasteiger partial charge in [0.1, 0.15) is 0 Å². The Morgan fingerprint density at radius 1 is 0.690 bits per heavy atom. The number of aryl methyl sites for hydroxylation is 2. The number of hydrogen-bond acceptors (Lipinski definition) is 4. The molecular formula is C22H24N6Pt. The van der Waals surface area contributed by atoms with E-state index in [1.165, 1.54) is 0 Å². The molecule has 0 aliphatic rings. The molecule has 0 bridgehead atoms. The number of nitrogens with zero attached hydrogens (tertiary/aromatic N) is 6. The topological polar surface area (TPSA) is 79.8 Å². The fraction of sp³-hybridized carbons (Fsp3) is 0.273. The molecule has 0 aliphatic carbocycles. The first-order valence-corrected chi connectivity index (χ1v) is 9.61. The van der Waals surface area contributed by atoms with Gasteiger partial charge in [-0.1, -0.05) is 62.3 Å². The summed E-state index contributed by atoms with van der Waals surface area (Å²) in [6.07, 6.45) is 7.70. The van der Waals surface area contributed by atoms with Gasteiger partial charge in [-0.15, -0.1) is 0 Å². The van der Waals surface area contributed by atoms with Crippen LogP contribution in [0.2, 0.25) is 0 Å². The third-order valence-electron chi connectivity index (χ3n) is 4.05. The van der Waals surface area contributed by atoms with Crippen LogP contribution in [0.5, 0.6) is 0 Å². The smallest absolute Gasteiger partial charge is 0.573 e. The molecule has 4 aromatic rings. The summed E-state index contributed by atoms with van der Waals surface area (Å²) < 4.78 is 0. The second-order valence-electron chi connectivity index (χ2n) is 6.37. The van der Waals surface area contributed by atoms with E-state index in [0.717, 1.165) is 59.8 Å². The van der Waals surface area contributed by atoms with E-state index in [1.54, 1.807) is 12.4 Å². The van der Waals surface area contributed by atoms with E-state index in [0.29, 0.717) is 0 Å². The first-order chi connectivity index (χ1) is 13.8. The van der Waals surface area contributed by atoms with Crippen LogP contribution in [0.3, 0.4) is 0 Å². The molecule has 4 rings (SSSR count). The van der Waals surface area contributed by atoms with Crippen molar-refractivity contribution in [1.29, 1.82) is 0 Å². The normalized spacial score (nSPS) is 10.0. The van der Waals surface area contributed by atoms with Crippen LogP contribution in [0.1, 0.15) is 38.1 Å². The van der Waals surface area contributed by atoms with Crippen molar-refractivity contribution in [3.63, 3.8) is 0 Å². The van der Waals surface area contributed by atoms with Crippen molar-refractivity contribution in [3.05, 3.63) is 72.3 Å². The van der Waals surface area contributed by atoms with E-state index < -0.39 is 0 Å². The Hall–Kier alpha value is -2.59. The zero-order valence-electron chi connectivity index (χ0n) is 16.6. The van der Waals surface area contributed by atoms with Crippen LogP contribution in [-0.2, 0) is 33.9 Å². The average Bonchev–Trinajstić information content (AvgIpc) is 3.41. The molecule has 0 aromatic carbocycles. The number of rotatable bonds is 6. The summed E-state index contributed by atoms with van der Waals surface area (Å²) in [5.41, 5.74) is 5.62. The van der Waals surface area contributed by atoms with Gasteiger partial charge in [0.15, 0.2) is 0 Å². The Balaban J connectivity index is 0.000000200. The van der Waals surface area contributed by atoms with Gasteiger partial charge in [0.2, 0.25) is 0 Å². The molecule has 0 fully saturated rings. The van der Waals surface area contributed by atoms with E-state index in [2.05, 4.69) is 44.2 Å². The van der Waals surface area contributed by atoms with E-state index in [4.69, 9.17) is 0 Å². The van der Waals surface area contributed by atoms with Crippen molar-refractivity contribution in [2.24, 2.45) is 0 Å². The van der Waals surface area contributed by atoms with Crippen molar-refractivity contribution in [3.8, 4) is 22.8 Å². The summed E-state index contributed by atoms with van der Waals surface area (Å²) in [4.78, 5) is 8.44. The maximum absolute atomic E-state index is 4.22. The molecule has 4 aromatic heterocycles. The van der Waals surface area contributed by atoms with Crippen LogP contribution in [0.25, 0.3) is 22.8 Å². The van der Waals surface area contributed by atoms with Crippen LogP contribution in [-0.4, -0.2) is 20.2 Å². The van der Waals surface area contributed by atoms with Gasteiger partial charge in [-0.25, -0.2) is 0 Å². The SMILES string of the molecule is CCCc1cc(-c2ccccn2)[n-]n1.CCCc1cc(-c2ccccn2)[n-]n1.[Pt+2]. The van der Waals surface area contributed by atoms with Crippen molar-refractivity contribution in [2.45, 2.75) is 39.5 Å². The second kappa shape index (κ2) is 12.1. The van der Waals surface area contributed by atoms with Gasteiger partial charge in [0, 0.05) is 35.2 Å². The molecule has 29 heavy (non-hydrogen) atoms. The first kappa shape index (κ1) is 22.7. The van der Waals surface area contributed by atoms with Crippen molar-refractivity contribution >= 4 is 0 Å². The van der Waals surface area contributed by atoms with E-state index >= 15 is 0 Å². The summed E-state index contributed by atoms with van der Waals surface area (Å²) in [5.74, 6) is 0. The number of hydrogen-bond donors (Lipinski definition) is 0. The molecule has 0 amide bonds. The molecule has 0 N–H and O–H groups in total. The monoisotopic (exact) mass is 567 g/mol. The van der Waals surface area contributed by atoms with Gasteiger partial charge >= 0.3 is 21.1 Å². The van der Waals surface area contributed by atoms with E-state index in [-0.39, 0.29) is 21.1 Å². The minimum Gasteiger partial charge on any atom is -0.573 e. The summed E-state index contributed by atoms with van der Waals surface area (Å²) >= 11 is 0. The Labute approximate surface area is 185 Å². The van der Waals surface area contributed by atoms with Gasteiger partial charge in [-0.2, -0.15) is 0 Å². The van der Waals surface area contributed by atoms with Gasteiger partial charge in [-0.3, -0.25) is 9.97 Å². The molecule has 0 radical (unpaired) electrons. The second-order valence-corrected chi connectivity index (χ2v) is 6.37. The number of pyridine rings is 2. The van der Waals surface area contributed by atoms with Gasteiger partial charge < -0.3 is 20.4 Å². The third kappa shape index (κ3) is 6.75. The third-order valence-corrected chi connectivity index (χ3v) is 4.05. The molecule has 0 spiro atoms. The predicted octanol–water partition coefficient (Wildman–Crippen LogP) is 4.10. The van der Waals surface area contributed by atoms with Gasteiger partial charge in [0.05, 0.1) is 0 Å². The first-order valence-electron chi connectivity index (χ1n) is 9.61. The predicted molar refractivity (Wildman–Crippen MR) is 110 cm³/mol. The Bertz CT molecular complexity index is 870. The fourth-order valence-electron chi connectivity index (χ4n) is 2.70. The summed E-state index contributed by atoms with van der Waals surface area (Å²) in [5, 5.41) is 16.4. The van der Waals surface area contributed by atoms with Crippen molar-refractivity contribution in [2.75, 3.05) is 0 Å². The molecule has 0 saturated heterocycles. The van der Waals surface area contributed by atoms with Crippen LogP contribution >= 0.6 is 0 Å². The standard InChI is InChI=1S/2C11H12N3.Pt/c2*1-2-5-9-8-11(14-13-9)10-6-3-4-7-12-10;/h2*3-4,6-8H,2,5H2,1H3;/q2*-1;+2. The van der Waals surface area contributed by atoms with E-state index in [1.807, 2.05) is 48.5 Å². The molecule has 4 heterocycles. The quantitative estimate of drug-likeness (QED) is 0.349. The van der Waals surface area contributed by atoms with Crippen molar-refractivity contribution < 1.29 is 21.1 Å². The molecule has 6 nitrogen and oxygen atoms in total. The number of aromatic nitrogens is 6. The maximum Gasteiger partial charge on any atom is 2.00 e. The molecule has 0 atom stereocenters. The Kier molecular flexibility index (Phi) is 9.45. The molecule has 0 saturated carbocycles. The summed E-state index contributed by atoms with van der Waals surface area (Å²) in [7, 11) is 0. The van der Waals surface area contributed by atoms with Crippen LogP contribution in [0, 0.1) is 0 Å². The van der Waals surface area contributed by atoms with Gasteiger partial charge in [-0.05, 0) is 37.1 Å². The summed E-state index contributed by atoms with van der Waals surface area (Å²) in [6, 6.07) is 15.6. The molecule has 0 aliphatic heterocycles. The van der Waals surface area contributed by atoms with Crippen LogP contribution < -0.4 is 10.2 Å². The van der Waals surface area contributed by atoms with Crippen molar-refractivity contribution in [1.82, 2.24) is 30.4 Å². The summed E-state index contributed by atoms with van der Waals surface area (Å²) in [6.45, 7) is 4.27. The van der Waals surface area contributed by atoms with E-state index in [9.17, 15) is 0 Å². The van der Waals surface area contributed by atoms with Gasteiger partial charge in [0.25, 0.3) is 0 Å². The minimum absolute atomic E-state index is 0. The Morgan fingerprint density at radius 3 is 1.48 bits per heavy atom. The Morgan fingerprint density at radius 2 is 1.14 bits per heavy atom. The van der Waals surface area contributed by atoms with Crippen LogP contribution in [0.4, 0.5) is 0 Å². The molecule has 152 valence electrons. The molecular weight excluding hydrogens is 543 g/mol. The largest absolute Gasteiger partial charge is 2.00 e.